The average Bonchev–Trinajstić information content (AvgIpc) is 3.14. The number of hydrogen-bond donors (Lipinski definition) is 0. The van der Waals surface area contributed by atoms with Crippen LogP contribution in [-0.2, 0) is 14.3 Å². The lowest BCUT2D eigenvalue weighted by molar-refractivity contribution is -0.151. The van der Waals surface area contributed by atoms with Gasteiger partial charge in [0.05, 0.1) is 0 Å². The third kappa shape index (κ3) is 4.85. The summed E-state index contributed by atoms with van der Waals surface area (Å²) in [5.74, 6) is 2.88. The molecule has 33 heavy (non-hydrogen) atoms. The second-order valence-corrected chi connectivity index (χ2v) is 12.4. The van der Waals surface area contributed by atoms with E-state index in [4.69, 9.17) is 4.74 Å². The Morgan fingerprint density at radius 2 is 1.73 bits per heavy atom. The molecule has 0 heterocycles. The van der Waals surface area contributed by atoms with Crippen LogP contribution in [0.3, 0.4) is 0 Å². The zero-order chi connectivity index (χ0) is 23.6. The van der Waals surface area contributed by atoms with Gasteiger partial charge in [0.2, 0.25) is 0 Å². The van der Waals surface area contributed by atoms with E-state index in [0.29, 0.717) is 18.1 Å². The maximum Gasteiger partial charge on any atom is 0.306 e. The maximum atomic E-state index is 12.4. The van der Waals surface area contributed by atoms with Crippen LogP contribution in [0.5, 0.6) is 0 Å². The lowest BCUT2D eigenvalue weighted by Crippen LogP contribution is -2.51. The number of rotatable bonds is 9. The highest BCUT2D eigenvalue weighted by molar-refractivity contribution is 5.79. The first-order chi connectivity index (χ1) is 15.8. The molecule has 4 aliphatic rings. The molecule has 3 saturated carbocycles. The number of Topliss-reactive ketones (excluding diaryl/α,β-unsaturated/α-hetero) is 1. The van der Waals surface area contributed by atoms with Crippen LogP contribution in [0.2, 0.25) is 0 Å². The number of esters is 1. The maximum absolute atomic E-state index is 12.4. The first-order valence-corrected chi connectivity index (χ1v) is 14.2. The predicted octanol–water partition coefficient (Wildman–Crippen LogP) is 7.82. The summed E-state index contributed by atoms with van der Waals surface area (Å²) in [6.45, 7) is 8.98. The van der Waals surface area contributed by atoms with Gasteiger partial charge in [-0.25, -0.2) is 0 Å². The van der Waals surface area contributed by atoms with Gasteiger partial charge in [-0.1, -0.05) is 64.5 Å². The molecule has 4 rings (SSSR count). The van der Waals surface area contributed by atoms with Gasteiger partial charge in [-0.3, -0.25) is 9.59 Å². The van der Waals surface area contributed by atoms with Crippen LogP contribution in [0, 0.1) is 34.5 Å². The minimum Gasteiger partial charge on any atom is -0.462 e. The van der Waals surface area contributed by atoms with Gasteiger partial charge >= 0.3 is 5.97 Å². The van der Waals surface area contributed by atoms with Crippen LogP contribution < -0.4 is 0 Å². The number of ether oxygens (including phenoxy) is 1. The second kappa shape index (κ2) is 10.2. The highest BCUT2D eigenvalue weighted by Gasteiger charge is 2.59. The highest BCUT2D eigenvalue weighted by atomic mass is 16.5. The van der Waals surface area contributed by atoms with Crippen molar-refractivity contribution < 1.29 is 14.3 Å². The van der Waals surface area contributed by atoms with Gasteiger partial charge in [-0.2, -0.15) is 0 Å². The zero-order valence-electron chi connectivity index (χ0n) is 21.8. The predicted molar refractivity (Wildman–Crippen MR) is 134 cm³/mol. The molecule has 0 spiro atoms. The fourth-order valence-corrected chi connectivity index (χ4v) is 8.69. The SMILES string of the molecule is CCCCCCCCC(=O)OC1CCC2(C)C(=CCC3C2CCC2(C)C(C(C)=O)CCC32)C1. The Hall–Kier alpha value is -1.12. The molecule has 0 aromatic rings. The van der Waals surface area contributed by atoms with Crippen molar-refractivity contribution in [1.82, 2.24) is 0 Å². The fourth-order valence-electron chi connectivity index (χ4n) is 8.69. The molecule has 3 fully saturated rings. The highest BCUT2D eigenvalue weighted by Crippen LogP contribution is 2.66. The molecule has 4 aliphatic carbocycles. The first-order valence-electron chi connectivity index (χ1n) is 14.2. The van der Waals surface area contributed by atoms with E-state index in [9.17, 15) is 9.59 Å². The molecular formula is C30H48O3. The van der Waals surface area contributed by atoms with Gasteiger partial charge in [0.25, 0.3) is 0 Å². The molecule has 0 saturated heterocycles. The summed E-state index contributed by atoms with van der Waals surface area (Å²) >= 11 is 0. The Morgan fingerprint density at radius 1 is 0.970 bits per heavy atom. The topological polar surface area (TPSA) is 43.4 Å². The van der Waals surface area contributed by atoms with E-state index in [2.05, 4.69) is 26.8 Å². The van der Waals surface area contributed by atoms with E-state index >= 15 is 0 Å². The number of fused-ring (bicyclic) bond motifs is 5. The van der Waals surface area contributed by atoms with Crippen molar-refractivity contribution in [2.45, 2.75) is 130 Å². The lowest BCUT2D eigenvalue weighted by atomic mass is 9.47. The first kappa shape index (κ1) is 25.0. The van der Waals surface area contributed by atoms with E-state index in [-0.39, 0.29) is 28.8 Å². The summed E-state index contributed by atoms with van der Waals surface area (Å²) < 4.78 is 5.96. The van der Waals surface area contributed by atoms with E-state index < -0.39 is 0 Å². The van der Waals surface area contributed by atoms with Crippen molar-refractivity contribution in [2.24, 2.45) is 34.5 Å². The third-order valence-corrected chi connectivity index (χ3v) is 10.6. The van der Waals surface area contributed by atoms with Crippen molar-refractivity contribution >= 4 is 11.8 Å². The van der Waals surface area contributed by atoms with Crippen molar-refractivity contribution in [3.8, 4) is 0 Å². The Bertz CT molecular complexity index is 754. The number of ketones is 1. The Labute approximate surface area is 202 Å². The van der Waals surface area contributed by atoms with E-state index in [1.807, 2.05) is 6.92 Å². The molecule has 0 bridgehead atoms. The van der Waals surface area contributed by atoms with Crippen LogP contribution >= 0.6 is 0 Å². The molecule has 0 N–H and O–H groups in total. The minimum atomic E-state index is 0.0167. The van der Waals surface area contributed by atoms with Gasteiger partial charge in [0.15, 0.2) is 0 Å². The monoisotopic (exact) mass is 456 g/mol. The molecule has 3 heteroatoms. The normalized spacial score (nSPS) is 39.8. The van der Waals surface area contributed by atoms with Crippen LogP contribution in [0.1, 0.15) is 124 Å². The molecule has 0 amide bonds. The van der Waals surface area contributed by atoms with Gasteiger partial charge in [-0.15, -0.1) is 0 Å². The van der Waals surface area contributed by atoms with Crippen LogP contribution in [0.25, 0.3) is 0 Å². The molecule has 7 atom stereocenters. The van der Waals surface area contributed by atoms with E-state index in [0.717, 1.165) is 50.4 Å². The van der Waals surface area contributed by atoms with Gasteiger partial charge in [-0.05, 0) is 86.9 Å². The Balaban J connectivity index is 1.33. The fraction of sp³-hybridized carbons (Fsp3) is 0.867. The van der Waals surface area contributed by atoms with Crippen LogP contribution in [0.15, 0.2) is 11.6 Å². The Kier molecular flexibility index (Phi) is 7.76. The summed E-state index contributed by atoms with van der Waals surface area (Å²) in [5, 5.41) is 0. The molecular weight excluding hydrogens is 408 g/mol. The molecule has 0 aromatic carbocycles. The molecule has 3 nitrogen and oxygen atoms in total. The molecule has 0 aromatic heterocycles. The quantitative estimate of drug-likeness (QED) is 0.202. The Morgan fingerprint density at radius 3 is 2.48 bits per heavy atom. The van der Waals surface area contributed by atoms with Crippen molar-refractivity contribution in [3.05, 3.63) is 11.6 Å². The lowest BCUT2D eigenvalue weighted by Gasteiger charge is -2.58. The van der Waals surface area contributed by atoms with Crippen LogP contribution in [0.4, 0.5) is 0 Å². The van der Waals surface area contributed by atoms with Crippen molar-refractivity contribution in [1.29, 1.82) is 0 Å². The molecule has 0 radical (unpaired) electrons. The van der Waals surface area contributed by atoms with E-state index in [1.54, 1.807) is 5.57 Å². The van der Waals surface area contributed by atoms with Gasteiger partial charge in [0.1, 0.15) is 11.9 Å². The number of carbonyl (C=O) groups excluding carboxylic acids is 2. The minimum absolute atomic E-state index is 0.0167. The summed E-state index contributed by atoms with van der Waals surface area (Å²) in [6.07, 6.45) is 19.5. The molecule has 7 unspecified atom stereocenters. The zero-order valence-corrected chi connectivity index (χ0v) is 21.8. The molecule has 186 valence electrons. The van der Waals surface area contributed by atoms with Gasteiger partial charge < -0.3 is 4.74 Å². The summed E-state index contributed by atoms with van der Waals surface area (Å²) in [5.41, 5.74) is 2.05. The molecule has 0 aliphatic heterocycles. The van der Waals surface area contributed by atoms with Crippen LogP contribution in [-0.4, -0.2) is 17.9 Å². The number of unbranched alkanes of at least 4 members (excludes halogenated alkanes) is 5. The summed E-state index contributed by atoms with van der Waals surface area (Å²) in [7, 11) is 0. The summed E-state index contributed by atoms with van der Waals surface area (Å²) in [4.78, 5) is 24.8. The number of carbonyl (C=O) groups is 2. The number of hydrogen-bond acceptors (Lipinski definition) is 3. The smallest absolute Gasteiger partial charge is 0.306 e. The van der Waals surface area contributed by atoms with Crippen molar-refractivity contribution in [2.75, 3.05) is 0 Å². The third-order valence-electron chi connectivity index (χ3n) is 10.6. The second-order valence-electron chi connectivity index (χ2n) is 12.4. The summed E-state index contributed by atoms with van der Waals surface area (Å²) in [6, 6.07) is 0. The van der Waals surface area contributed by atoms with Gasteiger partial charge in [0, 0.05) is 18.8 Å². The average molecular weight is 457 g/mol. The van der Waals surface area contributed by atoms with Crippen molar-refractivity contribution in [3.63, 3.8) is 0 Å². The number of allylic oxidation sites excluding steroid dienone is 1. The standard InChI is InChI=1S/C30H48O3/c1-5-6-7-8-9-10-11-28(32)33-23-16-18-29(3)22(20-23)12-13-24-26-15-14-25(21(2)31)30(26,4)19-17-27(24)29/h12,23-27H,5-11,13-20H2,1-4H3. The largest absolute Gasteiger partial charge is 0.462 e. The van der Waals surface area contributed by atoms with E-state index in [1.165, 1.54) is 51.4 Å².